The third-order valence-corrected chi connectivity index (χ3v) is 7.92. The maximum atomic E-state index is 11.6. The molecule has 23 heavy (non-hydrogen) atoms. The maximum absolute atomic E-state index is 11.6. The van der Waals surface area contributed by atoms with E-state index in [2.05, 4.69) is 19.2 Å². The monoisotopic (exact) mass is 359 g/mol. The lowest BCUT2D eigenvalue weighted by Gasteiger charge is -2.32. The van der Waals surface area contributed by atoms with Crippen molar-refractivity contribution in [2.45, 2.75) is 42.9 Å². The fourth-order valence-electron chi connectivity index (χ4n) is 3.21. The Bertz CT molecular complexity index is 555. The van der Waals surface area contributed by atoms with Crippen LogP contribution in [-0.2, 0) is 4.79 Å². The molecule has 2 unspecified atom stereocenters. The van der Waals surface area contributed by atoms with Crippen LogP contribution in [-0.4, -0.2) is 41.8 Å². The number of ether oxygens (including phenoxy) is 1. The van der Waals surface area contributed by atoms with Crippen LogP contribution in [0.5, 0.6) is 5.75 Å². The van der Waals surface area contributed by atoms with Crippen LogP contribution >= 0.6 is 22.5 Å². The van der Waals surface area contributed by atoms with Gasteiger partial charge in [0.05, 0.1) is 11.6 Å². The molecule has 0 aromatic heterocycles. The van der Waals surface area contributed by atoms with Gasteiger partial charge in [-0.25, -0.2) is 10.9 Å². The van der Waals surface area contributed by atoms with Crippen LogP contribution in [0, 0.1) is 5.92 Å². The third-order valence-electron chi connectivity index (χ3n) is 4.39. The Kier molecular flexibility index (Phi) is 6.62. The van der Waals surface area contributed by atoms with Gasteiger partial charge in [0.2, 0.25) is 0 Å². The lowest BCUT2D eigenvalue weighted by atomic mass is 9.99. The van der Waals surface area contributed by atoms with Gasteiger partial charge in [-0.05, 0) is 54.7 Å². The number of hydrogen-bond acceptors (Lipinski definition) is 3. The lowest BCUT2D eigenvalue weighted by Crippen LogP contribution is -2.45. The first kappa shape index (κ1) is 18.4. The van der Waals surface area contributed by atoms with Crippen molar-refractivity contribution in [2.75, 3.05) is 19.4 Å². The van der Waals surface area contributed by atoms with E-state index in [9.17, 15) is 9.90 Å². The standard InChI is InChI=1S/C17H26ClNO3S/c1-4-8-22-14-10-12(5-6-13(14)18)23-9-7-11(2)16(23)15(19-3)17(20)21/h5-6,10-11,15-16,19,23H,4,7-9H2,1-3H3,(H,20,21)/t11-,15?,16-/m1/s1. The van der Waals surface area contributed by atoms with Crippen molar-refractivity contribution in [3.63, 3.8) is 0 Å². The van der Waals surface area contributed by atoms with Crippen molar-refractivity contribution >= 4 is 28.5 Å². The SMILES string of the molecule is CCCOc1cc([SH]2CC[C@@H](C)[C@@H]2C(NC)C(=O)O)ccc1Cl. The Labute approximate surface area is 145 Å². The molecule has 1 aliphatic rings. The largest absolute Gasteiger partial charge is 0.492 e. The van der Waals surface area contributed by atoms with Crippen LogP contribution in [0.1, 0.15) is 26.7 Å². The molecule has 2 N–H and O–H groups in total. The number of benzene rings is 1. The van der Waals surface area contributed by atoms with Crippen LogP contribution in [0.25, 0.3) is 0 Å². The van der Waals surface area contributed by atoms with Crippen molar-refractivity contribution < 1.29 is 14.6 Å². The molecule has 1 saturated heterocycles. The summed E-state index contributed by atoms with van der Waals surface area (Å²) in [4.78, 5) is 12.8. The van der Waals surface area contributed by atoms with E-state index in [0.29, 0.717) is 23.3 Å². The summed E-state index contributed by atoms with van der Waals surface area (Å²) in [5.41, 5.74) is 0. The van der Waals surface area contributed by atoms with Gasteiger partial charge in [0.25, 0.3) is 0 Å². The summed E-state index contributed by atoms with van der Waals surface area (Å²) in [5.74, 6) is 1.39. The highest BCUT2D eigenvalue weighted by atomic mass is 35.5. The van der Waals surface area contributed by atoms with Crippen LogP contribution in [0.3, 0.4) is 0 Å². The van der Waals surface area contributed by atoms with Gasteiger partial charge >= 0.3 is 5.97 Å². The van der Waals surface area contributed by atoms with E-state index in [0.717, 1.165) is 18.6 Å². The average Bonchev–Trinajstić information content (AvgIpc) is 2.89. The summed E-state index contributed by atoms with van der Waals surface area (Å²) >= 11 is 6.22. The number of carbonyl (C=O) groups is 1. The predicted octanol–water partition coefficient (Wildman–Crippen LogP) is 3.57. The van der Waals surface area contributed by atoms with Crippen molar-refractivity contribution in [3.05, 3.63) is 23.2 Å². The summed E-state index contributed by atoms with van der Waals surface area (Å²) in [6.07, 6.45) is 1.99. The zero-order valence-electron chi connectivity index (χ0n) is 13.9. The van der Waals surface area contributed by atoms with Gasteiger partial charge < -0.3 is 15.2 Å². The summed E-state index contributed by atoms with van der Waals surface area (Å²) in [7, 11) is 1.18. The molecule has 1 fully saturated rings. The Hall–Kier alpha value is -0.910. The van der Waals surface area contributed by atoms with Gasteiger partial charge in [-0.15, -0.1) is 0 Å². The highest BCUT2D eigenvalue weighted by Crippen LogP contribution is 2.53. The second kappa shape index (κ2) is 8.27. The quantitative estimate of drug-likeness (QED) is 0.651. The van der Waals surface area contributed by atoms with Crippen LogP contribution in [0.2, 0.25) is 5.02 Å². The minimum atomic E-state index is -0.768. The Balaban J connectivity index is 2.30. The Morgan fingerprint density at radius 2 is 2.30 bits per heavy atom. The minimum Gasteiger partial charge on any atom is -0.492 e. The lowest BCUT2D eigenvalue weighted by molar-refractivity contribution is -0.139. The molecule has 0 radical (unpaired) electrons. The van der Waals surface area contributed by atoms with Crippen molar-refractivity contribution in [1.82, 2.24) is 5.32 Å². The number of nitrogens with one attached hydrogen (secondary N) is 1. The molecule has 1 aromatic carbocycles. The number of aliphatic carboxylic acids is 1. The Morgan fingerprint density at radius 3 is 2.91 bits per heavy atom. The summed E-state index contributed by atoms with van der Waals surface area (Å²) in [6, 6.07) is 5.42. The zero-order valence-corrected chi connectivity index (χ0v) is 15.5. The van der Waals surface area contributed by atoms with E-state index >= 15 is 0 Å². The number of halogens is 1. The Morgan fingerprint density at radius 1 is 1.57 bits per heavy atom. The van der Waals surface area contributed by atoms with Gasteiger partial charge in [0, 0.05) is 5.25 Å². The first-order chi connectivity index (χ1) is 11.0. The van der Waals surface area contributed by atoms with E-state index < -0.39 is 22.9 Å². The molecular formula is C17H26ClNO3S. The van der Waals surface area contributed by atoms with Crippen molar-refractivity contribution in [3.8, 4) is 5.75 Å². The smallest absolute Gasteiger partial charge is 0.321 e. The van der Waals surface area contributed by atoms with Gasteiger partial charge in [-0.1, -0.05) is 25.4 Å². The highest BCUT2D eigenvalue weighted by molar-refractivity contribution is 8.17. The number of rotatable bonds is 7. The number of thiol groups is 1. The number of carboxylic acids is 1. The van der Waals surface area contributed by atoms with E-state index in [1.807, 2.05) is 18.2 Å². The van der Waals surface area contributed by atoms with Crippen molar-refractivity contribution in [2.24, 2.45) is 5.92 Å². The molecule has 130 valence electrons. The molecule has 6 heteroatoms. The maximum Gasteiger partial charge on any atom is 0.321 e. The molecule has 2 rings (SSSR count). The van der Waals surface area contributed by atoms with E-state index in [1.54, 1.807) is 7.05 Å². The molecule has 1 aliphatic heterocycles. The van der Waals surface area contributed by atoms with E-state index in [-0.39, 0.29) is 5.25 Å². The number of carboxylic acid groups (broad SMARTS) is 1. The van der Waals surface area contributed by atoms with Crippen LogP contribution in [0.15, 0.2) is 23.1 Å². The fraction of sp³-hybridized carbons (Fsp3) is 0.588. The summed E-state index contributed by atoms with van der Waals surface area (Å²) in [6.45, 7) is 4.85. The minimum absolute atomic E-state index is 0.132. The topological polar surface area (TPSA) is 58.6 Å². The highest BCUT2D eigenvalue weighted by Gasteiger charge is 2.40. The van der Waals surface area contributed by atoms with Gasteiger partial charge in [0.1, 0.15) is 11.8 Å². The van der Waals surface area contributed by atoms with Gasteiger partial charge in [-0.3, -0.25) is 4.79 Å². The van der Waals surface area contributed by atoms with E-state index in [4.69, 9.17) is 16.3 Å². The second-order valence-electron chi connectivity index (χ2n) is 6.02. The number of hydrogen-bond donors (Lipinski definition) is 3. The van der Waals surface area contributed by atoms with Gasteiger partial charge in [0.15, 0.2) is 0 Å². The average molecular weight is 360 g/mol. The van der Waals surface area contributed by atoms with Gasteiger partial charge in [-0.2, -0.15) is 0 Å². The van der Waals surface area contributed by atoms with Crippen LogP contribution < -0.4 is 10.1 Å². The zero-order chi connectivity index (χ0) is 17.0. The summed E-state index contributed by atoms with van der Waals surface area (Å²) in [5, 5.41) is 13.3. The molecule has 1 aromatic rings. The molecule has 0 bridgehead atoms. The van der Waals surface area contributed by atoms with E-state index in [1.165, 1.54) is 4.90 Å². The first-order valence-corrected chi connectivity index (χ1v) is 10.1. The molecule has 0 spiro atoms. The molecular weight excluding hydrogens is 334 g/mol. The molecule has 4 nitrogen and oxygen atoms in total. The van der Waals surface area contributed by atoms with Crippen molar-refractivity contribution in [1.29, 1.82) is 0 Å². The fourth-order valence-corrected chi connectivity index (χ4v) is 6.92. The second-order valence-corrected chi connectivity index (χ2v) is 8.92. The molecule has 4 atom stereocenters. The summed E-state index contributed by atoms with van der Waals surface area (Å²) < 4.78 is 5.73. The van der Waals surface area contributed by atoms with Crippen LogP contribution in [0.4, 0.5) is 0 Å². The third kappa shape index (κ3) is 4.14. The molecule has 1 heterocycles. The molecule has 0 amide bonds. The molecule has 0 saturated carbocycles. The molecule has 0 aliphatic carbocycles. The first-order valence-electron chi connectivity index (χ1n) is 8.08. The normalized spacial score (nSPS) is 26.9. The number of likely N-dealkylation sites (N-methyl/N-ethyl adjacent to an activating group) is 1. The predicted molar refractivity (Wildman–Crippen MR) is 97.4 cm³/mol.